The monoisotopic (exact) mass is 220 g/mol. The summed E-state index contributed by atoms with van der Waals surface area (Å²) in [6.45, 7) is -0.496. The lowest BCUT2D eigenvalue weighted by molar-refractivity contribution is -0.137. The predicted octanol–water partition coefficient (Wildman–Crippen LogP) is 0.187. The number of nitrogens with zero attached hydrogens (tertiary/aromatic N) is 2. The molecule has 0 saturated carbocycles. The van der Waals surface area contributed by atoms with Gasteiger partial charge in [0.25, 0.3) is 5.56 Å². The van der Waals surface area contributed by atoms with E-state index in [0.29, 0.717) is 5.39 Å². The van der Waals surface area contributed by atoms with E-state index >= 15 is 0 Å². The summed E-state index contributed by atoms with van der Waals surface area (Å²) >= 11 is 0. The van der Waals surface area contributed by atoms with Crippen molar-refractivity contribution in [2.45, 2.75) is 6.54 Å². The highest BCUT2D eigenvalue weighted by atomic mass is 16.4. The van der Waals surface area contributed by atoms with Gasteiger partial charge in [0.1, 0.15) is 12.3 Å². The van der Waals surface area contributed by atoms with Crippen LogP contribution >= 0.6 is 0 Å². The summed E-state index contributed by atoms with van der Waals surface area (Å²) in [5.41, 5.74) is -0.532. The van der Waals surface area contributed by atoms with Gasteiger partial charge in [0, 0.05) is 5.39 Å². The molecular weight excluding hydrogens is 212 g/mol. The van der Waals surface area contributed by atoms with E-state index in [1.807, 2.05) is 0 Å². The van der Waals surface area contributed by atoms with Crippen LogP contribution in [0.15, 0.2) is 29.2 Å². The summed E-state index contributed by atoms with van der Waals surface area (Å²) in [4.78, 5) is 22.2. The van der Waals surface area contributed by atoms with Crippen molar-refractivity contribution in [3.8, 4) is 5.75 Å². The standard InChI is InChI=1S/C10H8N2O4/c13-8-3-1-2-6-7(8)4-11-12(10(6)16)5-9(14)15/h1-4,13H,5H2,(H,14,15). The van der Waals surface area contributed by atoms with Gasteiger partial charge in [-0.05, 0) is 12.1 Å². The molecule has 0 atom stereocenters. The Labute approximate surface area is 89.4 Å². The quantitative estimate of drug-likeness (QED) is 0.753. The van der Waals surface area contributed by atoms with Crippen LogP contribution in [-0.2, 0) is 11.3 Å². The van der Waals surface area contributed by atoms with Gasteiger partial charge >= 0.3 is 5.97 Å². The van der Waals surface area contributed by atoms with Crippen molar-refractivity contribution in [1.82, 2.24) is 9.78 Å². The maximum absolute atomic E-state index is 11.7. The van der Waals surface area contributed by atoms with Crippen LogP contribution in [0.3, 0.4) is 0 Å². The molecule has 0 aliphatic heterocycles. The third kappa shape index (κ3) is 1.60. The smallest absolute Gasteiger partial charge is 0.325 e. The summed E-state index contributed by atoms with van der Waals surface area (Å²) in [5.74, 6) is -1.20. The Hall–Kier alpha value is -2.37. The van der Waals surface area contributed by atoms with Gasteiger partial charge in [0.05, 0.1) is 11.6 Å². The number of aromatic nitrogens is 2. The second-order valence-electron chi connectivity index (χ2n) is 3.24. The van der Waals surface area contributed by atoms with Gasteiger partial charge in [0.2, 0.25) is 0 Å². The highest BCUT2D eigenvalue weighted by Crippen LogP contribution is 2.19. The fourth-order valence-corrected chi connectivity index (χ4v) is 1.43. The molecule has 1 aromatic heterocycles. The predicted molar refractivity (Wildman–Crippen MR) is 55.3 cm³/mol. The van der Waals surface area contributed by atoms with Gasteiger partial charge in [-0.15, -0.1) is 0 Å². The average molecular weight is 220 g/mol. The molecular formula is C10H8N2O4. The molecule has 0 amide bonds. The average Bonchev–Trinajstić information content (AvgIpc) is 2.23. The van der Waals surface area contributed by atoms with Gasteiger partial charge in [-0.2, -0.15) is 5.10 Å². The van der Waals surface area contributed by atoms with E-state index in [1.54, 1.807) is 0 Å². The maximum Gasteiger partial charge on any atom is 0.325 e. The normalized spacial score (nSPS) is 10.5. The van der Waals surface area contributed by atoms with E-state index < -0.39 is 18.1 Å². The van der Waals surface area contributed by atoms with Crippen LogP contribution in [0.1, 0.15) is 0 Å². The molecule has 2 aromatic rings. The number of carbonyl (C=O) groups is 1. The number of carboxylic acid groups (broad SMARTS) is 1. The highest BCUT2D eigenvalue weighted by molar-refractivity contribution is 5.86. The molecule has 2 N–H and O–H groups in total. The zero-order valence-corrected chi connectivity index (χ0v) is 8.12. The Morgan fingerprint density at radius 3 is 2.81 bits per heavy atom. The van der Waals surface area contributed by atoms with Crippen LogP contribution < -0.4 is 5.56 Å². The Bertz CT molecular complexity index is 618. The Morgan fingerprint density at radius 2 is 2.12 bits per heavy atom. The molecule has 82 valence electrons. The van der Waals surface area contributed by atoms with Crippen LogP contribution in [-0.4, -0.2) is 26.0 Å². The number of hydrogen-bond donors (Lipinski definition) is 2. The van der Waals surface area contributed by atoms with Crippen LogP contribution in [0.25, 0.3) is 10.8 Å². The van der Waals surface area contributed by atoms with Crippen molar-refractivity contribution >= 4 is 16.7 Å². The molecule has 2 rings (SSSR count). The molecule has 1 heterocycles. The summed E-state index contributed by atoms with van der Waals surface area (Å²) in [7, 11) is 0. The minimum Gasteiger partial charge on any atom is -0.507 e. The Kier molecular flexibility index (Phi) is 2.32. The zero-order valence-electron chi connectivity index (χ0n) is 8.12. The number of phenols is 1. The molecule has 6 nitrogen and oxygen atoms in total. The largest absolute Gasteiger partial charge is 0.507 e. The molecule has 6 heteroatoms. The summed E-state index contributed by atoms with van der Waals surface area (Å²) in [6, 6.07) is 4.46. The highest BCUT2D eigenvalue weighted by Gasteiger charge is 2.08. The van der Waals surface area contributed by atoms with Crippen molar-refractivity contribution in [3.05, 3.63) is 34.7 Å². The van der Waals surface area contributed by atoms with Crippen molar-refractivity contribution in [1.29, 1.82) is 0 Å². The number of rotatable bonds is 2. The molecule has 16 heavy (non-hydrogen) atoms. The van der Waals surface area contributed by atoms with E-state index in [9.17, 15) is 14.7 Å². The Morgan fingerprint density at radius 1 is 1.38 bits per heavy atom. The van der Waals surface area contributed by atoms with Crippen LogP contribution in [0.4, 0.5) is 0 Å². The first-order valence-electron chi connectivity index (χ1n) is 4.49. The van der Waals surface area contributed by atoms with E-state index in [2.05, 4.69) is 5.10 Å². The van der Waals surface area contributed by atoms with Gasteiger partial charge in [-0.1, -0.05) is 6.07 Å². The number of hydrogen-bond acceptors (Lipinski definition) is 4. The number of phenolic OH excluding ortho intramolecular Hbond substituents is 1. The van der Waals surface area contributed by atoms with Gasteiger partial charge in [-0.3, -0.25) is 9.59 Å². The molecule has 0 aliphatic carbocycles. The van der Waals surface area contributed by atoms with Gasteiger partial charge < -0.3 is 10.2 Å². The number of benzene rings is 1. The molecule has 0 saturated heterocycles. The zero-order chi connectivity index (χ0) is 11.7. The first-order chi connectivity index (χ1) is 7.59. The molecule has 0 radical (unpaired) electrons. The Balaban J connectivity index is 2.71. The maximum atomic E-state index is 11.7. The summed E-state index contributed by atoms with van der Waals surface area (Å²) < 4.78 is 0.837. The first kappa shape index (κ1) is 10.2. The van der Waals surface area contributed by atoms with Crippen LogP contribution in [0, 0.1) is 0 Å². The van der Waals surface area contributed by atoms with Crippen molar-refractivity contribution in [2.24, 2.45) is 0 Å². The second-order valence-corrected chi connectivity index (χ2v) is 3.24. The SMILES string of the molecule is O=C(O)Cn1ncc2c(O)cccc2c1=O. The summed E-state index contributed by atoms with van der Waals surface area (Å²) in [6.07, 6.45) is 1.27. The van der Waals surface area contributed by atoms with Crippen molar-refractivity contribution in [2.75, 3.05) is 0 Å². The number of aliphatic carboxylic acids is 1. The lowest BCUT2D eigenvalue weighted by Gasteiger charge is -2.03. The third-order valence-corrected chi connectivity index (χ3v) is 2.16. The molecule has 1 aromatic carbocycles. The number of fused-ring (bicyclic) bond motifs is 1. The van der Waals surface area contributed by atoms with E-state index in [-0.39, 0.29) is 11.1 Å². The fraction of sp³-hybridized carbons (Fsp3) is 0.100. The first-order valence-corrected chi connectivity index (χ1v) is 4.49. The molecule has 0 fully saturated rings. The topological polar surface area (TPSA) is 92.4 Å². The number of carboxylic acids is 1. The van der Waals surface area contributed by atoms with Crippen molar-refractivity contribution < 1.29 is 15.0 Å². The van der Waals surface area contributed by atoms with E-state index in [1.165, 1.54) is 24.4 Å². The molecule has 0 bridgehead atoms. The van der Waals surface area contributed by atoms with Crippen LogP contribution in [0.2, 0.25) is 0 Å². The fourth-order valence-electron chi connectivity index (χ4n) is 1.43. The lowest BCUT2D eigenvalue weighted by Crippen LogP contribution is -2.26. The molecule has 0 aliphatic rings. The van der Waals surface area contributed by atoms with Gasteiger partial charge in [0.15, 0.2) is 0 Å². The minimum atomic E-state index is -1.14. The number of aromatic hydroxyl groups is 1. The van der Waals surface area contributed by atoms with E-state index in [0.717, 1.165) is 4.68 Å². The van der Waals surface area contributed by atoms with Gasteiger partial charge in [-0.25, -0.2) is 4.68 Å². The van der Waals surface area contributed by atoms with Crippen molar-refractivity contribution in [3.63, 3.8) is 0 Å². The molecule has 0 unspecified atom stereocenters. The minimum absolute atomic E-state index is 0.0513. The molecule has 0 spiro atoms. The third-order valence-electron chi connectivity index (χ3n) is 2.16. The van der Waals surface area contributed by atoms with Crippen LogP contribution in [0.5, 0.6) is 5.75 Å². The second kappa shape index (κ2) is 3.65. The van der Waals surface area contributed by atoms with E-state index in [4.69, 9.17) is 5.11 Å². The lowest BCUT2D eigenvalue weighted by atomic mass is 10.2. The summed E-state index contributed by atoms with van der Waals surface area (Å²) in [5, 5.41) is 22.3.